The third-order valence-electron chi connectivity index (χ3n) is 5.63. The summed E-state index contributed by atoms with van der Waals surface area (Å²) in [5.74, 6) is 0.281. The van der Waals surface area contributed by atoms with Gasteiger partial charge in [0.25, 0.3) is 12.9 Å². The van der Waals surface area contributed by atoms with Crippen molar-refractivity contribution in [3.05, 3.63) is 41.6 Å². The highest BCUT2D eigenvalue weighted by molar-refractivity contribution is 5.69. The summed E-state index contributed by atoms with van der Waals surface area (Å²) in [5, 5.41) is 19.8. The number of ether oxygens (including phenoxy) is 1. The van der Waals surface area contributed by atoms with Crippen molar-refractivity contribution in [1.82, 2.24) is 4.98 Å². The van der Waals surface area contributed by atoms with Gasteiger partial charge in [0.1, 0.15) is 11.9 Å². The number of benzene rings is 1. The molecule has 2 heterocycles. The molecule has 0 bridgehead atoms. The van der Waals surface area contributed by atoms with Crippen molar-refractivity contribution in [2.24, 2.45) is 5.73 Å². The van der Waals surface area contributed by atoms with Crippen molar-refractivity contribution in [1.29, 1.82) is 0 Å². The Kier molecular flexibility index (Phi) is 7.03. The zero-order valence-corrected chi connectivity index (χ0v) is 16.9. The van der Waals surface area contributed by atoms with Gasteiger partial charge in [0.2, 0.25) is 0 Å². The Morgan fingerprint density at radius 1 is 1.26 bits per heavy atom. The monoisotopic (exact) mass is 443 g/mol. The highest BCUT2D eigenvalue weighted by Crippen LogP contribution is 2.36. The van der Waals surface area contributed by atoms with Gasteiger partial charge in [-0.2, -0.15) is 0 Å². The molecular weight excluding hydrogens is 418 g/mol. The third kappa shape index (κ3) is 4.76. The fourth-order valence-electron chi connectivity index (χ4n) is 3.94. The minimum Gasteiger partial charge on any atom is -0.497 e. The Morgan fingerprint density at radius 2 is 2.00 bits per heavy atom. The summed E-state index contributed by atoms with van der Waals surface area (Å²) in [6, 6.07) is 5.72. The Balaban J connectivity index is 1.96. The average Bonchev–Trinajstić information content (AvgIpc) is 2.77. The van der Waals surface area contributed by atoms with Gasteiger partial charge in [0, 0.05) is 29.8 Å². The lowest BCUT2D eigenvalue weighted by atomic mass is 9.84. The first-order valence-corrected chi connectivity index (χ1v) is 9.76. The number of hydrogen-bond donors (Lipinski definition) is 3. The van der Waals surface area contributed by atoms with Crippen LogP contribution in [0.4, 0.5) is 23.2 Å². The van der Waals surface area contributed by atoms with Crippen molar-refractivity contribution in [3.8, 4) is 17.0 Å². The standard InChI is InChI=1S/C21H25F4N3O3/c1-31-13-3-4-14(15(8-13)19(22)23)16-7-12(10-29)17(9-27-16)28-6-2-5-21(26,11-28)18(30)20(24)25/h3-4,7-9,18-20,29-30H,2,5-6,10-11,26H2,1H3. The van der Waals surface area contributed by atoms with Crippen LogP contribution in [0.5, 0.6) is 5.75 Å². The number of pyridine rings is 1. The number of alkyl halides is 4. The lowest BCUT2D eigenvalue weighted by molar-refractivity contribution is -0.0529. The number of nitrogens with two attached hydrogens (primary N) is 1. The summed E-state index contributed by atoms with van der Waals surface area (Å²) in [6.07, 6.45) is -5.65. The molecule has 2 unspecified atom stereocenters. The molecule has 31 heavy (non-hydrogen) atoms. The van der Waals surface area contributed by atoms with E-state index in [0.29, 0.717) is 24.2 Å². The van der Waals surface area contributed by atoms with Crippen molar-refractivity contribution in [3.63, 3.8) is 0 Å². The fraction of sp³-hybridized carbons (Fsp3) is 0.476. The summed E-state index contributed by atoms with van der Waals surface area (Å²) in [5.41, 5.74) is 5.56. The topological polar surface area (TPSA) is 91.8 Å². The fourth-order valence-corrected chi connectivity index (χ4v) is 3.94. The maximum Gasteiger partial charge on any atom is 0.265 e. The van der Waals surface area contributed by atoms with Crippen LogP contribution in [0.25, 0.3) is 11.3 Å². The molecular formula is C21H25F4N3O3. The largest absolute Gasteiger partial charge is 0.497 e. The highest BCUT2D eigenvalue weighted by Gasteiger charge is 2.43. The van der Waals surface area contributed by atoms with E-state index >= 15 is 0 Å². The van der Waals surface area contributed by atoms with E-state index in [9.17, 15) is 27.8 Å². The molecule has 2 aromatic rings. The van der Waals surface area contributed by atoms with Gasteiger partial charge in [-0.25, -0.2) is 17.6 Å². The molecule has 1 aromatic heterocycles. The van der Waals surface area contributed by atoms with Gasteiger partial charge in [-0.05, 0) is 37.1 Å². The van der Waals surface area contributed by atoms with E-state index in [0.717, 1.165) is 0 Å². The highest BCUT2D eigenvalue weighted by atomic mass is 19.3. The molecule has 1 aliphatic heterocycles. The molecule has 4 N–H and O–H groups in total. The molecule has 170 valence electrons. The van der Waals surface area contributed by atoms with Crippen molar-refractivity contribution in [2.45, 2.75) is 43.9 Å². The molecule has 3 rings (SSSR count). The minimum absolute atomic E-state index is 0.0582. The van der Waals surface area contributed by atoms with Crippen LogP contribution in [-0.4, -0.2) is 53.5 Å². The van der Waals surface area contributed by atoms with Crippen LogP contribution in [0.15, 0.2) is 30.5 Å². The average molecular weight is 443 g/mol. The zero-order chi connectivity index (χ0) is 22.8. The number of methoxy groups -OCH3 is 1. The second-order valence-corrected chi connectivity index (χ2v) is 7.65. The van der Waals surface area contributed by atoms with Gasteiger partial charge in [-0.15, -0.1) is 0 Å². The lowest BCUT2D eigenvalue weighted by Crippen LogP contribution is -2.63. The van der Waals surface area contributed by atoms with Crippen LogP contribution in [0.1, 0.15) is 30.4 Å². The van der Waals surface area contributed by atoms with Crippen molar-refractivity contribution >= 4 is 5.69 Å². The van der Waals surface area contributed by atoms with Gasteiger partial charge in [0.15, 0.2) is 0 Å². The van der Waals surface area contributed by atoms with Crippen LogP contribution in [0, 0.1) is 0 Å². The molecule has 1 saturated heterocycles. The Hall–Kier alpha value is -2.43. The number of aliphatic hydroxyl groups is 2. The van der Waals surface area contributed by atoms with E-state index in [1.54, 1.807) is 4.90 Å². The normalized spacial score (nSPS) is 20.4. The van der Waals surface area contributed by atoms with Crippen LogP contribution in [-0.2, 0) is 6.61 Å². The van der Waals surface area contributed by atoms with E-state index in [4.69, 9.17) is 10.5 Å². The molecule has 0 radical (unpaired) electrons. The molecule has 0 aliphatic carbocycles. The van der Waals surface area contributed by atoms with Gasteiger partial charge in [-0.3, -0.25) is 4.98 Å². The molecule has 1 aliphatic rings. The van der Waals surface area contributed by atoms with Gasteiger partial charge >= 0.3 is 0 Å². The molecule has 1 aromatic carbocycles. The van der Waals surface area contributed by atoms with E-state index in [1.165, 1.54) is 37.6 Å². The summed E-state index contributed by atoms with van der Waals surface area (Å²) in [4.78, 5) is 5.96. The number of anilines is 1. The summed E-state index contributed by atoms with van der Waals surface area (Å²) in [7, 11) is 1.38. The Bertz CT molecular complexity index is 915. The van der Waals surface area contributed by atoms with Gasteiger partial charge in [-0.1, -0.05) is 0 Å². The second-order valence-electron chi connectivity index (χ2n) is 7.65. The number of rotatable bonds is 7. The smallest absolute Gasteiger partial charge is 0.265 e. The summed E-state index contributed by atoms with van der Waals surface area (Å²) >= 11 is 0. The van der Waals surface area contributed by atoms with E-state index in [-0.39, 0.29) is 35.5 Å². The van der Waals surface area contributed by atoms with Crippen LogP contribution in [0.2, 0.25) is 0 Å². The molecule has 1 fully saturated rings. The number of hydrogen-bond acceptors (Lipinski definition) is 6. The molecule has 0 spiro atoms. The maximum atomic E-state index is 13.6. The SMILES string of the molecule is COc1ccc(-c2cc(CO)c(N3CCCC(N)(C(O)C(F)F)C3)cn2)c(C(F)F)c1. The summed E-state index contributed by atoms with van der Waals surface area (Å²) in [6.45, 7) is -0.0123. The predicted molar refractivity (Wildman–Crippen MR) is 107 cm³/mol. The molecule has 0 saturated carbocycles. The van der Waals surface area contributed by atoms with E-state index < -0.39 is 31.1 Å². The Labute approximate surface area is 177 Å². The third-order valence-corrected chi connectivity index (χ3v) is 5.63. The number of halogens is 4. The summed E-state index contributed by atoms with van der Waals surface area (Å²) < 4.78 is 58.3. The minimum atomic E-state index is -2.98. The number of aromatic nitrogens is 1. The maximum absolute atomic E-state index is 13.6. The van der Waals surface area contributed by atoms with Crippen LogP contribution >= 0.6 is 0 Å². The predicted octanol–water partition coefficient (Wildman–Crippen LogP) is 3.11. The van der Waals surface area contributed by atoms with Gasteiger partial charge in [0.05, 0.1) is 36.8 Å². The van der Waals surface area contributed by atoms with E-state index in [2.05, 4.69) is 4.98 Å². The number of nitrogens with zero attached hydrogens (tertiary/aromatic N) is 2. The first-order valence-electron chi connectivity index (χ1n) is 9.76. The quantitative estimate of drug-likeness (QED) is 0.570. The number of piperidine rings is 1. The van der Waals surface area contributed by atoms with Crippen LogP contribution < -0.4 is 15.4 Å². The second kappa shape index (κ2) is 9.37. The Morgan fingerprint density at radius 3 is 2.61 bits per heavy atom. The first kappa shape index (κ1) is 23.2. The molecule has 0 amide bonds. The first-order chi connectivity index (χ1) is 14.7. The van der Waals surface area contributed by atoms with Crippen molar-refractivity contribution in [2.75, 3.05) is 25.1 Å². The zero-order valence-electron chi connectivity index (χ0n) is 16.9. The molecule has 10 heteroatoms. The lowest BCUT2D eigenvalue weighted by Gasteiger charge is -2.44. The molecule has 6 nitrogen and oxygen atoms in total. The molecule has 2 atom stereocenters. The van der Waals surface area contributed by atoms with E-state index in [1.807, 2.05) is 0 Å². The van der Waals surface area contributed by atoms with Crippen molar-refractivity contribution < 1.29 is 32.5 Å². The van der Waals surface area contributed by atoms with Gasteiger partial charge < -0.3 is 25.6 Å². The van der Waals surface area contributed by atoms with Crippen LogP contribution in [0.3, 0.4) is 0 Å². The number of aliphatic hydroxyl groups excluding tert-OH is 2.